The molecule has 0 unspecified atom stereocenters. The van der Waals surface area contributed by atoms with Gasteiger partial charge in [-0.2, -0.15) is 0 Å². The summed E-state index contributed by atoms with van der Waals surface area (Å²) in [5.74, 6) is 0.0730. The zero-order valence-corrected chi connectivity index (χ0v) is 12.4. The maximum atomic E-state index is 12.1. The maximum absolute atomic E-state index is 12.1. The Kier molecular flexibility index (Phi) is 4.52. The Balaban J connectivity index is 2.12. The number of carbonyl (C=O) groups excluding carboxylic acids is 1. The summed E-state index contributed by atoms with van der Waals surface area (Å²) in [5.41, 5.74) is 2.08. The van der Waals surface area contributed by atoms with Crippen molar-refractivity contribution < 1.29 is 4.79 Å². The van der Waals surface area contributed by atoms with Crippen LogP contribution >= 0.6 is 0 Å². The van der Waals surface area contributed by atoms with Gasteiger partial charge in [0.25, 0.3) is 11.5 Å². The molecule has 1 atom stereocenters. The van der Waals surface area contributed by atoms with Gasteiger partial charge < -0.3 is 10.3 Å². The normalized spacial score (nSPS) is 12.0. The van der Waals surface area contributed by atoms with Gasteiger partial charge in [-0.05, 0) is 31.4 Å². The van der Waals surface area contributed by atoms with Gasteiger partial charge in [0, 0.05) is 6.07 Å². The number of nitrogens with zero attached hydrogens (tertiary/aromatic N) is 1. The highest BCUT2D eigenvalue weighted by Gasteiger charge is 2.13. The fourth-order valence-electron chi connectivity index (χ4n) is 2.09. The van der Waals surface area contributed by atoms with Crippen LogP contribution in [0.3, 0.4) is 0 Å². The van der Waals surface area contributed by atoms with Crippen LogP contribution in [0.15, 0.2) is 35.1 Å². The van der Waals surface area contributed by atoms with Crippen molar-refractivity contribution in [2.45, 2.75) is 33.2 Å². The van der Waals surface area contributed by atoms with Crippen LogP contribution < -0.4 is 10.9 Å². The monoisotopic (exact) mass is 285 g/mol. The lowest BCUT2D eigenvalue weighted by Gasteiger charge is -2.14. The van der Waals surface area contributed by atoms with Crippen LogP contribution in [0.1, 0.15) is 47.3 Å². The minimum Gasteiger partial charge on any atom is -0.344 e. The van der Waals surface area contributed by atoms with Crippen molar-refractivity contribution in [3.05, 3.63) is 63.3 Å². The van der Waals surface area contributed by atoms with Crippen molar-refractivity contribution >= 4 is 5.91 Å². The Morgan fingerprint density at radius 2 is 2.00 bits per heavy atom. The lowest BCUT2D eigenvalue weighted by molar-refractivity contribution is 0.0934. The molecule has 0 aliphatic heterocycles. The summed E-state index contributed by atoms with van der Waals surface area (Å²) in [6.07, 6.45) is 0.983. The Bertz CT molecular complexity index is 689. The predicted octanol–water partition coefficient (Wildman–Crippen LogP) is 2.13. The standard InChI is InChI=1S/C16H19N3O2/c1-4-12-5-7-13(8-6-12)10(2)17-16(21)14-9-15(20)19-11(3)18-14/h5-10H,4H2,1-3H3,(H,17,21)(H,18,19,20)/t10-/m0/s1. The highest BCUT2D eigenvalue weighted by atomic mass is 16.2. The number of H-pyrrole nitrogens is 1. The van der Waals surface area contributed by atoms with Gasteiger partial charge in [0.15, 0.2) is 0 Å². The van der Waals surface area contributed by atoms with Gasteiger partial charge >= 0.3 is 0 Å². The summed E-state index contributed by atoms with van der Waals surface area (Å²) in [5, 5.41) is 2.85. The van der Waals surface area contributed by atoms with E-state index in [1.807, 2.05) is 31.2 Å². The summed E-state index contributed by atoms with van der Waals surface area (Å²) in [6.45, 7) is 5.64. The number of hydrogen-bond donors (Lipinski definition) is 2. The Hall–Kier alpha value is -2.43. The van der Waals surface area contributed by atoms with E-state index in [2.05, 4.69) is 22.2 Å². The smallest absolute Gasteiger partial charge is 0.270 e. The van der Waals surface area contributed by atoms with Gasteiger partial charge in [0.1, 0.15) is 11.5 Å². The maximum Gasteiger partial charge on any atom is 0.270 e. The van der Waals surface area contributed by atoms with Gasteiger partial charge in [-0.15, -0.1) is 0 Å². The molecule has 1 aromatic carbocycles. The quantitative estimate of drug-likeness (QED) is 0.903. The van der Waals surface area contributed by atoms with E-state index < -0.39 is 0 Å². The molecule has 0 fully saturated rings. The van der Waals surface area contributed by atoms with E-state index in [-0.39, 0.29) is 23.2 Å². The van der Waals surface area contributed by atoms with Crippen molar-refractivity contribution in [1.29, 1.82) is 0 Å². The number of nitrogens with one attached hydrogen (secondary N) is 2. The first-order valence-corrected chi connectivity index (χ1v) is 6.97. The molecule has 0 aliphatic rings. The van der Waals surface area contributed by atoms with Crippen molar-refractivity contribution in [1.82, 2.24) is 15.3 Å². The number of amides is 1. The highest BCUT2D eigenvalue weighted by Crippen LogP contribution is 2.14. The second kappa shape index (κ2) is 6.35. The molecule has 0 spiro atoms. The van der Waals surface area contributed by atoms with Crippen molar-refractivity contribution in [3.63, 3.8) is 0 Å². The second-order valence-corrected chi connectivity index (χ2v) is 5.01. The average molecular weight is 285 g/mol. The molecule has 21 heavy (non-hydrogen) atoms. The Labute approximate surface area is 123 Å². The van der Waals surface area contributed by atoms with Gasteiger partial charge in [-0.3, -0.25) is 9.59 Å². The number of aromatic amines is 1. The van der Waals surface area contributed by atoms with Crippen LogP contribution in [0.4, 0.5) is 0 Å². The van der Waals surface area contributed by atoms with Crippen LogP contribution in [0.5, 0.6) is 0 Å². The fourth-order valence-corrected chi connectivity index (χ4v) is 2.09. The number of benzene rings is 1. The van der Waals surface area contributed by atoms with E-state index in [9.17, 15) is 9.59 Å². The van der Waals surface area contributed by atoms with E-state index in [0.717, 1.165) is 12.0 Å². The topological polar surface area (TPSA) is 74.8 Å². The van der Waals surface area contributed by atoms with E-state index in [1.165, 1.54) is 11.6 Å². The van der Waals surface area contributed by atoms with E-state index >= 15 is 0 Å². The average Bonchev–Trinajstić information content (AvgIpc) is 2.46. The van der Waals surface area contributed by atoms with Crippen molar-refractivity contribution in [2.24, 2.45) is 0 Å². The molecular weight excluding hydrogens is 266 g/mol. The molecule has 0 bridgehead atoms. The van der Waals surface area contributed by atoms with E-state index in [4.69, 9.17) is 0 Å². The lowest BCUT2D eigenvalue weighted by Crippen LogP contribution is -2.29. The third-order valence-electron chi connectivity index (χ3n) is 3.33. The number of carbonyl (C=O) groups is 1. The van der Waals surface area contributed by atoms with Crippen LogP contribution in [0, 0.1) is 6.92 Å². The molecule has 0 radical (unpaired) electrons. The molecule has 0 saturated heterocycles. The molecule has 5 heteroatoms. The second-order valence-electron chi connectivity index (χ2n) is 5.01. The fraction of sp³-hybridized carbons (Fsp3) is 0.312. The third kappa shape index (κ3) is 3.78. The molecule has 0 saturated carbocycles. The summed E-state index contributed by atoms with van der Waals surface area (Å²) < 4.78 is 0. The molecule has 5 nitrogen and oxygen atoms in total. The first-order valence-electron chi connectivity index (χ1n) is 6.97. The molecule has 1 aromatic heterocycles. The third-order valence-corrected chi connectivity index (χ3v) is 3.33. The number of aromatic nitrogens is 2. The van der Waals surface area contributed by atoms with Crippen LogP contribution in [0.2, 0.25) is 0 Å². The summed E-state index contributed by atoms with van der Waals surface area (Å²) in [4.78, 5) is 30.1. The first-order chi connectivity index (χ1) is 9.99. The van der Waals surface area contributed by atoms with Gasteiger partial charge in [-0.1, -0.05) is 31.2 Å². The highest BCUT2D eigenvalue weighted by molar-refractivity contribution is 5.92. The molecule has 2 rings (SSSR count). The van der Waals surface area contributed by atoms with Gasteiger partial charge in [-0.25, -0.2) is 4.98 Å². The molecule has 0 aliphatic carbocycles. The zero-order valence-electron chi connectivity index (χ0n) is 12.4. The van der Waals surface area contributed by atoms with Gasteiger partial charge in [0.2, 0.25) is 0 Å². The lowest BCUT2D eigenvalue weighted by atomic mass is 10.0. The van der Waals surface area contributed by atoms with E-state index in [0.29, 0.717) is 5.82 Å². The first kappa shape index (κ1) is 15.0. The van der Waals surface area contributed by atoms with Gasteiger partial charge in [0.05, 0.1) is 6.04 Å². The van der Waals surface area contributed by atoms with Crippen molar-refractivity contribution in [2.75, 3.05) is 0 Å². The molecule has 2 aromatic rings. The van der Waals surface area contributed by atoms with Crippen molar-refractivity contribution in [3.8, 4) is 0 Å². The number of hydrogen-bond acceptors (Lipinski definition) is 3. The summed E-state index contributed by atoms with van der Waals surface area (Å²) in [6, 6.07) is 9.15. The molecule has 110 valence electrons. The summed E-state index contributed by atoms with van der Waals surface area (Å²) >= 11 is 0. The Morgan fingerprint density at radius 1 is 1.33 bits per heavy atom. The summed E-state index contributed by atoms with van der Waals surface area (Å²) in [7, 11) is 0. The number of aryl methyl sites for hydroxylation is 2. The van der Waals surface area contributed by atoms with Crippen LogP contribution in [0.25, 0.3) is 0 Å². The predicted molar refractivity (Wildman–Crippen MR) is 81.3 cm³/mol. The Morgan fingerprint density at radius 3 is 2.57 bits per heavy atom. The minimum atomic E-state index is -0.351. The minimum absolute atomic E-state index is 0.133. The number of rotatable bonds is 4. The largest absolute Gasteiger partial charge is 0.344 e. The van der Waals surface area contributed by atoms with Crippen LogP contribution in [-0.2, 0) is 6.42 Å². The van der Waals surface area contributed by atoms with Crippen LogP contribution in [-0.4, -0.2) is 15.9 Å². The zero-order chi connectivity index (χ0) is 15.4. The molecular formula is C16H19N3O2. The molecule has 2 N–H and O–H groups in total. The molecule has 1 amide bonds. The SMILES string of the molecule is CCc1ccc([C@H](C)NC(=O)c2cc(=O)[nH]c(C)n2)cc1. The molecule has 1 heterocycles. The van der Waals surface area contributed by atoms with E-state index in [1.54, 1.807) is 6.92 Å².